The quantitative estimate of drug-likeness (QED) is 0.0596. The zero-order valence-corrected chi connectivity index (χ0v) is 30.6. The molecule has 0 aliphatic carbocycles. The number of benzene rings is 4. The third-order valence-corrected chi connectivity index (χ3v) is 11.7. The van der Waals surface area contributed by atoms with Gasteiger partial charge < -0.3 is 20.6 Å². The average Bonchev–Trinajstić information content (AvgIpc) is 3.72. The van der Waals surface area contributed by atoms with Gasteiger partial charge in [-0.1, -0.05) is 72.4 Å². The maximum absolute atomic E-state index is 13.1. The van der Waals surface area contributed by atoms with Crippen molar-refractivity contribution in [2.24, 2.45) is 0 Å². The molecule has 2 heterocycles. The van der Waals surface area contributed by atoms with Crippen LogP contribution in [0.2, 0.25) is 10.0 Å². The van der Waals surface area contributed by atoms with Crippen LogP contribution in [0, 0.1) is 0 Å². The summed E-state index contributed by atoms with van der Waals surface area (Å²) >= 11 is 12.3. The van der Waals surface area contributed by atoms with Crippen molar-refractivity contribution in [1.82, 2.24) is 20.6 Å². The number of unbranched alkanes of at least 4 members (excludes halogenated alkanes) is 3. The molecule has 0 atom stereocenters. The molecule has 0 aliphatic rings. The zero-order valence-electron chi connectivity index (χ0n) is 27.5. The minimum absolute atomic E-state index is 0.0574. The average molecular weight is 782 g/mol. The van der Waals surface area contributed by atoms with Gasteiger partial charge in [0.25, 0.3) is 31.9 Å². The molecule has 4 aromatic carbocycles. The van der Waals surface area contributed by atoms with E-state index in [4.69, 9.17) is 23.2 Å². The van der Waals surface area contributed by atoms with E-state index < -0.39 is 31.9 Å². The first kappa shape index (κ1) is 36.8. The van der Waals surface area contributed by atoms with E-state index in [1.54, 1.807) is 60.9 Å². The number of halogens is 2. The van der Waals surface area contributed by atoms with Gasteiger partial charge in [-0.3, -0.25) is 19.0 Å². The summed E-state index contributed by atoms with van der Waals surface area (Å²) in [5.74, 6) is -0.791. The van der Waals surface area contributed by atoms with Gasteiger partial charge in [-0.2, -0.15) is 0 Å². The lowest BCUT2D eigenvalue weighted by Gasteiger charge is -2.11. The summed E-state index contributed by atoms with van der Waals surface area (Å²) < 4.78 is 57.7. The van der Waals surface area contributed by atoms with Gasteiger partial charge in [-0.25, -0.2) is 16.8 Å². The Bertz CT molecular complexity index is 2330. The van der Waals surface area contributed by atoms with Crippen LogP contribution in [-0.4, -0.2) is 51.7 Å². The van der Waals surface area contributed by atoms with Gasteiger partial charge in [0.1, 0.15) is 0 Å². The minimum atomic E-state index is -4.00. The molecule has 12 nitrogen and oxygen atoms in total. The molecule has 0 unspecified atom stereocenters. The highest BCUT2D eigenvalue weighted by Crippen LogP contribution is 2.31. The molecule has 0 saturated heterocycles. The second-order valence-electron chi connectivity index (χ2n) is 11.9. The van der Waals surface area contributed by atoms with E-state index in [1.165, 1.54) is 36.4 Å². The zero-order chi connectivity index (χ0) is 36.9. The normalized spacial score (nSPS) is 11.8. The lowest BCUT2D eigenvalue weighted by Crippen LogP contribution is -2.25. The molecule has 0 saturated carbocycles. The van der Waals surface area contributed by atoms with Gasteiger partial charge in [0.15, 0.2) is 0 Å². The van der Waals surface area contributed by atoms with Gasteiger partial charge in [-0.15, -0.1) is 0 Å². The first-order valence-electron chi connectivity index (χ1n) is 16.3. The number of sulfonamides is 2. The molecule has 0 radical (unpaired) electrons. The summed E-state index contributed by atoms with van der Waals surface area (Å²) in [6.45, 7) is 0.771. The summed E-state index contributed by atoms with van der Waals surface area (Å²) in [6.07, 6.45) is 6.07. The fourth-order valence-corrected chi connectivity index (χ4v) is 8.30. The fraction of sp³-hybridized carbons (Fsp3) is 0.167. The molecule has 0 fully saturated rings. The Morgan fingerprint density at radius 1 is 0.558 bits per heavy atom. The lowest BCUT2D eigenvalue weighted by atomic mass is 10.1. The molecular formula is C36H34Cl2N6O6S2. The molecule has 16 heteroatoms. The summed E-state index contributed by atoms with van der Waals surface area (Å²) in [5.41, 5.74) is 2.19. The van der Waals surface area contributed by atoms with Gasteiger partial charge in [-0.05, 0) is 61.4 Å². The van der Waals surface area contributed by atoms with Crippen LogP contribution in [0.4, 0.5) is 11.4 Å². The van der Waals surface area contributed by atoms with Crippen LogP contribution in [-0.2, 0) is 20.0 Å². The molecule has 52 heavy (non-hydrogen) atoms. The Kier molecular flexibility index (Phi) is 11.1. The van der Waals surface area contributed by atoms with Crippen molar-refractivity contribution in [2.45, 2.75) is 35.5 Å². The van der Waals surface area contributed by atoms with Crippen molar-refractivity contribution < 1.29 is 26.4 Å². The highest BCUT2D eigenvalue weighted by Gasteiger charge is 2.20. The number of hydrogen-bond acceptors (Lipinski definition) is 6. The van der Waals surface area contributed by atoms with Gasteiger partial charge in [0.05, 0.1) is 42.2 Å². The van der Waals surface area contributed by atoms with Gasteiger partial charge in [0, 0.05) is 47.4 Å². The summed E-state index contributed by atoms with van der Waals surface area (Å²) in [7, 11) is -8.00. The lowest BCUT2D eigenvalue weighted by molar-refractivity contribution is 0.0943. The number of anilines is 2. The summed E-state index contributed by atoms with van der Waals surface area (Å²) in [4.78, 5) is 31.4. The predicted molar refractivity (Wildman–Crippen MR) is 204 cm³/mol. The smallest absolute Gasteiger partial charge is 0.261 e. The van der Waals surface area contributed by atoms with E-state index in [0.717, 1.165) is 12.8 Å². The van der Waals surface area contributed by atoms with Crippen LogP contribution in [0.1, 0.15) is 46.4 Å². The SMILES string of the molecule is O=C(NCCCCCCNC(=O)c1cccc(S(=O)(=O)Nc2cccc3c(Cl)c[nH]c23)c1)c1cccc(S(=O)(=O)Nc2cccc3c(Cl)c[nH]c23)c1. The number of aromatic nitrogens is 2. The topological polar surface area (TPSA) is 182 Å². The number of nitrogens with one attached hydrogen (secondary N) is 6. The summed E-state index contributed by atoms with van der Waals surface area (Å²) in [6, 6.07) is 21.8. The van der Waals surface area contributed by atoms with E-state index in [-0.39, 0.29) is 20.9 Å². The first-order chi connectivity index (χ1) is 24.9. The number of aromatic amines is 2. The standard InChI is InChI=1S/C36H34Cl2N6O6S2/c37-29-21-41-33-27(29)13-7-15-31(33)43-51(47,48)25-11-5-9-23(19-25)35(45)39-17-3-1-2-4-18-40-36(46)24-10-6-12-26(20-24)52(49,50)44-32-16-8-14-28-30(38)22-42-34(28)32/h5-16,19-22,41-44H,1-4,17-18H2,(H,39,45)(H,40,46). The second-order valence-corrected chi connectivity index (χ2v) is 16.1. The molecular weight excluding hydrogens is 747 g/mol. The number of para-hydroxylation sites is 2. The van der Waals surface area contributed by atoms with Crippen LogP contribution in [0.15, 0.2) is 107 Å². The number of H-pyrrole nitrogens is 2. The second kappa shape index (κ2) is 15.7. The Morgan fingerprint density at radius 2 is 0.962 bits per heavy atom. The molecule has 0 aliphatic heterocycles. The number of hydrogen-bond donors (Lipinski definition) is 6. The molecule has 6 rings (SSSR count). The molecule has 2 amide bonds. The fourth-order valence-electron chi connectivity index (χ4n) is 5.64. The number of amides is 2. The van der Waals surface area contributed by atoms with Crippen molar-refractivity contribution >= 4 is 88.2 Å². The number of carbonyl (C=O) groups is 2. The van der Waals surface area contributed by atoms with Gasteiger partial charge in [0.2, 0.25) is 0 Å². The van der Waals surface area contributed by atoms with E-state index in [1.807, 2.05) is 0 Å². The minimum Gasteiger partial charge on any atom is -0.358 e. The Morgan fingerprint density at radius 3 is 1.38 bits per heavy atom. The third kappa shape index (κ3) is 8.37. The summed E-state index contributed by atoms with van der Waals surface area (Å²) in [5, 5.41) is 7.95. The van der Waals surface area contributed by atoms with Crippen molar-refractivity contribution in [3.05, 3.63) is 118 Å². The van der Waals surface area contributed by atoms with Crippen molar-refractivity contribution in [3.63, 3.8) is 0 Å². The highest BCUT2D eigenvalue weighted by molar-refractivity contribution is 7.93. The van der Waals surface area contributed by atoms with Crippen LogP contribution in [0.25, 0.3) is 21.8 Å². The van der Waals surface area contributed by atoms with Crippen LogP contribution in [0.3, 0.4) is 0 Å². The monoisotopic (exact) mass is 780 g/mol. The Labute approximate surface area is 310 Å². The van der Waals surface area contributed by atoms with Gasteiger partial charge >= 0.3 is 0 Å². The molecule has 6 N–H and O–H groups in total. The molecule has 2 aromatic heterocycles. The Hall–Kier alpha value is -5.02. The van der Waals surface area contributed by atoms with Crippen LogP contribution >= 0.6 is 23.2 Å². The molecule has 0 bridgehead atoms. The maximum Gasteiger partial charge on any atom is 0.261 e. The predicted octanol–water partition coefficient (Wildman–Crippen LogP) is 7.28. The van der Waals surface area contributed by atoms with Crippen LogP contribution < -0.4 is 20.1 Å². The number of rotatable bonds is 15. The van der Waals surface area contributed by atoms with Crippen molar-refractivity contribution in [3.8, 4) is 0 Å². The third-order valence-electron chi connectivity index (χ3n) is 8.31. The van der Waals surface area contributed by atoms with E-state index in [9.17, 15) is 26.4 Å². The van der Waals surface area contributed by atoms with E-state index in [0.29, 0.717) is 69.2 Å². The maximum atomic E-state index is 13.1. The largest absolute Gasteiger partial charge is 0.358 e. The molecule has 6 aromatic rings. The first-order valence-corrected chi connectivity index (χ1v) is 20.0. The number of carbonyl (C=O) groups excluding carboxylic acids is 2. The van der Waals surface area contributed by atoms with Crippen LogP contribution in [0.5, 0.6) is 0 Å². The highest BCUT2D eigenvalue weighted by atomic mass is 35.5. The number of fused-ring (bicyclic) bond motifs is 2. The van der Waals surface area contributed by atoms with Crippen molar-refractivity contribution in [1.29, 1.82) is 0 Å². The van der Waals surface area contributed by atoms with E-state index >= 15 is 0 Å². The van der Waals surface area contributed by atoms with E-state index in [2.05, 4.69) is 30.0 Å². The molecule has 270 valence electrons. The molecule has 0 spiro atoms. The Balaban J connectivity index is 0.925. The van der Waals surface area contributed by atoms with Crippen molar-refractivity contribution in [2.75, 3.05) is 22.5 Å².